The maximum Gasteiger partial charge on any atom is 0.326 e. The van der Waals surface area contributed by atoms with E-state index in [1.165, 1.54) is 7.11 Å². The third kappa shape index (κ3) is 3.95. The van der Waals surface area contributed by atoms with Crippen LogP contribution in [0.25, 0.3) is 11.3 Å². The van der Waals surface area contributed by atoms with Gasteiger partial charge in [0.05, 0.1) is 0 Å². The number of carboxylic acid groups (broad SMARTS) is 1. The first-order chi connectivity index (χ1) is 10.6. The first kappa shape index (κ1) is 15.8. The lowest BCUT2D eigenvalue weighted by Gasteiger charge is -2.13. The third-order valence-electron chi connectivity index (χ3n) is 3.23. The Hall–Kier alpha value is -2.60. The van der Waals surface area contributed by atoms with Gasteiger partial charge in [0.2, 0.25) is 0 Å². The molecule has 2 aromatic rings. The smallest absolute Gasteiger partial charge is 0.326 e. The first-order valence-corrected chi connectivity index (χ1v) is 6.89. The highest BCUT2D eigenvalue weighted by atomic mass is 16.5. The zero-order valence-electron chi connectivity index (χ0n) is 12.2. The number of H-pyrrole nitrogens is 1. The largest absolute Gasteiger partial charge is 0.480 e. The molecule has 1 unspecified atom stereocenters. The number of carboxylic acids is 1. The molecule has 6 nitrogen and oxygen atoms in total. The van der Waals surface area contributed by atoms with Gasteiger partial charge in [0.25, 0.3) is 5.91 Å². The molecule has 0 aliphatic carbocycles. The van der Waals surface area contributed by atoms with Crippen molar-refractivity contribution in [1.82, 2.24) is 10.3 Å². The van der Waals surface area contributed by atoms with E-state index in [-0.39, 0.29) is 13.0 Å². The van der Waals surface area contributed by atoms with Crippen LogP contribution in [-0.2, 0) is 9.53 Å². The van der Waals surface area contributed by atoms with Crippen molar-refractivity contribution in [2.45, 2.75) is 12.5 Å². The molecular formula is C16H18N2O4. The number of hydrogen-bond donors (Lipinski definition) is 3. The number of nitrogens with one attached hydrogen (secondary N) is 2. The number of carbonyl (C=O) groups is 2. The lowest BCUT2D eigenvalue weighted by molar-refractivity contribution is -0.139. The molecule has 0 saturated heterocycles. The summed E-state index contributed by atoms with van der Waals surface area (Å²) in [7, 11) is 1.48. The molecule has 0 aliphatic heterocycles. The van der Waals surface area contributed by atoms with Crippen LogP contribution in [0.1, 0.15) is 16.9 Å². The topological polar surface area (TPSA) is 91.4 Å². The van der Waals surface area contributed by atoms with Crippen LogP contribution in [0.4, 0.5) is 0 Å². The minimum atomic E-state index is -1.08. The summed E-state index contributed by atoms with van der Waals surface area (Å²) in [6.07, 6.45) is 0.212. The Kier molecular flexibility index (Phi) is 5.32. The van der Waals surface area contributed by atoms with Crippen molar-refractivity contribution < 1.29 is 19.4 Å². The Balaban J connectivity index is 2.06. The van der Waals surface area contributed by atoms with Gasteiger partial charge in [-0.2, -0.15) is 0 Å². The second-order valence-electron chi connectivity index (χ2n) is 4.80. The van der Waals surface area contributed by atoms with Crippen molar-refractivity contribution in [1.29, 1.82) is 0 Å². The molecular weight excluding hydrogens is 284 g/mol. The summed E-state index contributed by atoms with van der Waals surface area (Å²) in [6, 6.07) is 12.0. The molecule has 0 spiro atoms. The van der Waals surface area contributed by atoms with E-state index in [2.05, 4.69) is 10.3 Å². The van der Waals surface area contributed by atoms with E-state index < -0.39 is 17.9 Å². The normalized spacial score (nSPS) is 11.9. The summed E-state index contributed by atoms with van der Waals surface area (Å²) in [6.45, 7) is 0.261. The molecule has 0 aliphatic rings. The third-order valence-corrected chi connectivity index (χ3v) is 3.23. The van der Waals surface area contributed by atoms with E-state index in [4.69, 9.17) is 9.84 Å². The summed E-state index contributed by atoms with van der Waals surface area (Å²) in [5, 5.41) is 11.6. The zero-order valence-corrected chi connectivity index (χ0v) is 12.2. The highest BCUT2D eigenvalue weighted by Gasteiger charge is 2.21. The number of benzene rings is 1. The molecule has 0 saturated carbocycles. The van der Waals surface area contributed by atoms with Crippen LogP contribution in [0.3, 0.4) is 0 Å². The predicted octanol–water partition coefficient (Wildman–Crippen LogP) is 1.90. The number of carbonyl (C=O) groups excluding carboxylic acids is 1. The highest BCUT2D eigenvalue weighted by molar-refractivity contribution is 5.95. The van der Waals surface area contributed by atoms with Crippen molar-refractivity contribution >= 4 is 11.9 Å². The molecule has 1 aromatic heterocycles. The van der Waals surface area contributed by atoms with E-state index in [1.807, 2.05) is 30.3 Å². The number of aromatic nitrogens is 1. The number of methoxy groups -OCH3 is 1. The molecule has 116 valence electrons. The van der Waals surface area contributed by atoms with E-state index in [1.54, 1.807) is 12.1 Å². The Morgan fingerprint density at radius 2 is 1.95 bits per heavy atom. The average Bonchev–Trinajstić information content (AvgIpc) is 3.02. The Labute approximate surface area is 128 Å². The van der Waals surface area contributed by atoms with Crippen molar-refractivity contribution in [3.63, 3.8) is 0 Å². The van der Waals surface area contributed by atoms with Gasteiger partial charge in [-0.05, 0) is 17.7 Å². The fourth-order valence-corrected chi connectivity index (χ4v) is 2.04. The van der Waals surface area contributed by atoms with Gasteiger partial charge in [-0.1, -0.05) is 30.3 Å². The van der Waals surface area contributed by atoms with Gasteiger partial charge in [-0.3, -0.25) is 4.79 Å². The van der Waals surface area contributed by atoms with Crippen LogP contribution in [-0.4, -0.2) is 41.7 Å². The molecule has 2 rings (SSSR count). The first-order valence-electron chi connectivity index (χ1n) is 6.89. The number of hydrogen-bond acceptors (Lipinski definition) is 3. The Morgan fingerprint density at radius 1 is 1.23 bits per heavy atom. The molecule has 6 heteroatoms. The fourth-order valence-electron chi connectivity index (χ4n) is 2.04. The zero-order chi connectivity index (χ0) is 15.9. The molecule has 22 heavy (non-hydrogen) atoms. The minimum Gasteiger partial charge on any atom is -0.480 e. The lowest BCUT2D eigenvalue weighted by atomic mass is 10.2. The number of amides is 1. The summed E-state index contributed by atoms with van der Waals surface area (Å²) in [5.41, 5.74) is 2.08. The monoisotopic (exact) mass is 302 g/mol. The van der Waals surface area contributed by atoms with Crippen LogP contribution in [0.2, 0.25) is 0 Å². The van der Waals surface area contributed by atoms with Crippen molar-refractivity contribution in [3.05, 3.63) is 48.2 Å². The van der Waals surface area contributed by atoms with Gasteiger partial charge >= 0.3 is 5.97 Å². The van der Waals surface area contributed by atoms with Crippen LogP contribution < -0.4 is 5.32 Å². The van der Waals surface area contributed by atoms with Gasteiger partial charge < -0.3 is 20.1 Å². The number of aromatic amines is 1. The van der Waals surface area contributed by atoms with Gasteiger partial charge in [-0.25, -0.2) is 4.79 Å². The summed E-state index contributed by atoms with van der Waals surface area (Å²) >= 11 is 0. The second-order valence-corrected chi connectivity index (χ2v) is 4.80. The van der Waals surface area contributed by atoms with E-state index in [9.17, 15) is 9.59 Å². The van der Waals surface area contributed by atoms with Crippen LogP contribution in [0, 0.1) is 0 Å². The predicted molar refractivity (Wildman–Crippen MR) is 81.6 cm³/mol. The number of rotatable bonds is 7. The second kappa shape index (κ2) is 7.42. The highest BCUT2D eigenvalue weighted by Crippen LogP contribution is 2.17. The maximum absolute atomic E-state index is 12.1. The SMILES string of the molecule is COCCC(NC(=O)c1ccc(-c2ccccc2)[nH]1)C(=O)O. The molecule has 0 bridgehead atoms. The standard InChI is InChI=1S/C16H18N2O4/c1-22-10-9-14(16(20)21)18-15(19)13-8-7-12(17-13)11-5-3-2-4-6-11/h2-8,14,17H,9-10H2,1H3,(H,18,19)(H,20,21). The lowest BCUT2D eigenvalue weighted by Crippen LogP contribution is -2.41. The Bertz CT molecular complexity index is 637. The van der Waals surface area contributed by atoms with Crippen molar-refractivity contribution in [2.24, 2.45) is 0 Å². The summed E-state index contributed by atoms with van der Waals surface area (Å²) < 4.78 is 4.85. The van der Waals surface area contributed by atoms with Crippen molar-refractivity contribution in [2.75, 3.05) is 13.7 Å². The number of ether oxygens (including phenoxy) is 1. The fraction of sp³-hybridized carbons (Fsp3) is 0.250. The van der Waals surface area contributed by atoms with E-state index >= 15 is 0 Å². The quantitative estimate of drug-likeness (QED) is 0.728. The van der Waals surface area contributed by atoms with E-state index in [0.29, 0.717) is 5.69 Å². The summed E-state index contributed by atoms with van der Waals surface area (Å²) in [5.74, 6) is -1.54. The minimum absolute atomic E-state index is 0.212. The van der Waals surface area contributed by atoms with Crippen LogP contribution in [0.15, 0.2) is 42.5 Å². The molecule has 1 aromatic carbocycles. The van der Waals surface area contributed by atoms with Crippen molar-refractivity contribution in [3.8, 4) is 11.3 Å². The van der Waals surface area contributed by atoms with Gasteiger partial charge in [0.15, 0.2) is 0 Å². The number of aliphatic carboxylic acids is 1. The summed E-state index contributed by atoms with van der Waals surface area (Å²) in [4.78, 5) is 26.2. The van der Waals surface area contributed by atoms with Gasteiger partial charge in [-0.15, -0.1) is 0 Å². The van der Waals surface area contributed by atoms with Gasteiger partial charge in [0, 0.05) is 25.8 Å². The molecule has 1 atom stereocenters. The molecule has 0 fully saturated rings. The van der Waals surface area contributed by atoms with Crippen LogP contribution >= 0.6 is 0 Å². The molecule has 0 radical (unpaired) electrons. The maximum atomic E-state index is 12.1. The van der Waals surface area contributed by atoms with Crippen LogP contribution in [0.5, 0.6) is 0 Å². The molecule has 3 N–H and O–H groups in total. The van der Waals surface area contributed by atoms with E-state index in [0.717, 1.165) is 11.3 Å². The van der Waals surface area contributed by atoms with Gasteiger partial charge in [0.1, 0.15) is 11.7 Å². The average molecular weight is 302 g/mol. The Morgan fingerprint density at radius 3 is 2.59 bits per heavy atom. The molecule has 1 heterocycles. The molecule has 1 amide bonds.